The number of nitrogens with zero attached hydrogens (tertiary/aromatic N) is 1. The molecule has 0 aliphatic rings. The van der Waals surface area contributed by atoms with Crippen molar-refractivity contribution in [2.45, 2.75) is 51.9 Å². The van der Waals surface area contributed by atoms with Gasteiger partial charge in [0.1, 0.15) is 0 Å². The lowest BCUT2D eigenvalue weighted by Gasteiger charge is -2.29. The van der Waals surface area contributed by atoms with Crippen LogP contribution in [0, 0.1) is 0 Å². The van der Waals surface area contributed by atoms with E-state index in [1.165, 1.54) is 0 Å². The smallest absolute Gasteiger partial charge is 0.232 e. The predicted octanol–water partition coefficient (Wildman–Crippen LogP) is 2.14. The van der Waals surface area contributed by atoms with E-state index in [-0.39, 0.29) is 10.7 Å². The van der Waals surface area contributed by atoms with Crippen LogP contribution in [0.3, 0.4) is 0 Å². The third-order valence-electron chi connectivity index (χ3n) is 1.94. The van der Waals surface area contributed by atoms with E-state index in [2.05, 4.69) is 20.8 Å². The number of carbonyl (C=O) groups is 1. The van der Waals surface area contributed by atoms with Crippen molar-refractivity contribution in [2.24, 2.45) is 0 Å². The normalized spacial score (nSPS) is 12.7. The summed E-state index contributed by atoms with van der Waals surface area (Å²) in [6, 6.07) is 0. The third-order valence-corrected chi connectivity index (χ3v) is 3.20. The molecule has 0 aromatic heterocycles. The van der Waals surface area contributed by atoms with Crippen LogP contribution in [0.5, 0.6) is 0 Å². The van der Waals surface area contributed by atoms with E-state index in [0.29, 0.717) is 18.8 Å². The maximum absolute atomic E-state index is 11.9. The first kappa shape index (κ1) is 15.8. The van der Waals surface area contributed by atoms with Gasteiger partial charge in [-0.05, 0) is 20.8 Å². The predicted molar refractivity (Wildman–Crippen MR) is 70.8 cm³/mol. The summed E-state index contributed by atoms with van der Waals surface area (Å²) in [5, 5.41) is 9.70. The van der Waals surface area contributed by atoms with Crippen LogP contribution in [-0.4, -0.2) is 45.1 Å². The zero-order valence-corrected chi connectivity index (χ0v) is 12.1. The van der Waals surface area contributed by atoms with Gasteiger partial charge in [-0.3, -0.25) is 4.79 Å². The van der Waals surface area contributed by atoms with Crippen molar-refractivity contribution in [3.05, 3.63) is 0 Å². The summed E-state index contributed by atoms with van der Waals surface area (Å²) >= 11 is 1.64. The number of aliphatic hydroxyl groups is 1. The Morgan fingerprint density at radius 2 is 1.75 bits per heavy atom. The fourth-order valence-electron chi connectivity index (χ4n) is 1.21. The van der Waals surface area contributed by atoms with Crippen LogP contribution in [0.15, 0.2) is 0 Å². The van der Waals surface area contributed by atoms with Crippen molar-refractivity contribution in [1.29, 1.82) is 0 Å². The lowest BCUT2D eigenvalue weighted by Crippen LogP contribution is -2.43. The number of hydrogen-bond donors (Lipinski definition) is 1. The highest BCUT2D eigenvalue weighted by Gasteiger charge is 2.22. The molecule has 1 N–H and O–H groups in total. The Bertz CT molecular complexity index is 228. The van der Waals surface area contributed by atoms with Gasteiger partial charge >= 0.3 is 0 Å². The van der Waals surface area contributed by atoms with Crippen LogP contribution < -0.4 is 0 Å². The summed E-state index contributed by atoms with van der Waals surface area (Å²) in [5.74, 6) is 0.581. The monoisotopic (exact) mass is 247 g/mol. The molecule has 0 saturated carbocycles. The Hall–Kier alpha value is -0.220. The second-order valence-corrected chi connectivity index (χ2v) is 7.42. The lowest BCUT2D eigenvalue weighted by molar-refractivity contribution is -0.131. The average molecular weight is 247 g/mol. The molecule has 1 amide bonds. The number of rotatable bonds is 5. The van der Waals surface area contributed by atoms with E-state index >= 15 is 0 Å². The van der Waals surface area contributed by atoms with Crippen LogP contribution in [-0.2, 0) is 4.79 Å². The van der Waals surface area contributed by atoms with Gasteiger partial charge in [-0.2, -0.15) is 0 Å². The Kier molecular flexibility index (Phi) is 5.84. The molecule has 0 spiro atoms. The Morgan fingerprint density at radius 3 is 2.06 bits per heavy atom. The minimum Gasteiger partial charge on any atom is -0.389 e. The Morgan fingerprint density at radius 1 is 1.25 bits per heavy atom. The molecule has 0 radical (unpaired) electrons. The largest absolute Gasteiger partial charge is 0.389 e. The molecule has 0 aromatic rings. The van der Waals surface area contributed by atoms with E-state index in [1.54, 1.807) is 30.5 Å². The molecule has 0 unspecified atom stereocenters. The molecular weight excluding hydrogens is 222 g/mol. The van der Waals surface area contributed by atoms with Crippen molar-refractivity contribution >= 4 is 17.7 Å². The van der Waals surface area contributed by atoms with Gasteiger partial charge in [0.2, 0.25) is 5.91 Å². The minimum atomic E-state index is -0.821. The zero-order valence-electron chi connectivity index (χ0n) is 11.3. The van der Waals surface area contributed by atoms with Gasteiger partial charge in [-0.25, -0.2) is 0 Å². The van der Waals surface area contributed by atoms with Gasteiger partial charge in [0.25, 0.3) is 0 Å². The topological polar surface area (TPSA) is 40.5 Å². The molecule has 0 rings (SSSR count). The molecule has 0 fully saturated rings. The van der Waals surface area contributed by atoms with Crippen LogP contribution in [0.25, 0.3) is 0 Å². The highest BCUT2D eigenvalue weighted by Crippen LogP contribution is 2.23. The first-order valence-corrected chi connectivity index (χ1v) is 6.68. The molecule has 0 heterocycles. The van der Waals surface area contributed by atoms with Gasteiger partial charge in [0.15, 0.2) is 0 Å². The molecule has 0 saturated heterocycles. The summed E-state index contributed by atoms with van der Waals surface area (Å²) in [6.45, 7) is 12.7. The van der Waals surface area contributed by atoms with E-state index in [9.17, 15) is 9.90 Å². The number of likely N-dealkylation sites (N-methyl/N-ethyl adjacent to an activating group) is 1. The van der Waals surface area contributed by atoms with E-state index < -0.39 is 5.60 Å². The SMILES string of the molecule is CCN(CC(C)(C)O)C(=O)CSC(C)(C)C. The van der Waals surface area contributed by atoms with E-state index in [0.717, 1.165) is 0 Å². The van der Waals surface area contributed by atoms with E-state index in [4.69, 9.17) is 0 Å². The lowest BCUT2D eigenvalue weighted by atomic mass is 10.1. The first-order chi connectivity index (χ1) is 7.05. The molecule has 96 valence electrons. The van der Waals surface area contributed by atoms with Gasteiger partial charge in [-0.15, -0.1) is 11.8 Å². The third kappa shape index (κ3) is 7.99. The van der Waals surface area contributed by atoms with Crippen LogP contribution in [0.4, 0.5) is 0 Å². The Labute approximate surface area is 104 Å². The molecular formula is C12H25NO2S. The maximum atomic E-state index is 11.9. The van der Waals surface area contributed by atoms with Crippen molar-refractivity contribution in [2.75, 3.05) is 18.8 Å². The summed E-state index contributed by atoms with van der Waals surface area (Å²) in [4.78, 5) is 13.6. The molecule has 0 bridgehead atoms. The van der Waals surface area contributed by atoms with Gasteiger partial charge in [-0.1, -0.05) is 20.8 Å². The fourth-order valence-corrected chi connectivity index (χ4v) is 1.95. The molecule has 0 aromatic carbocycles. The maximum Gasteiger partial charge on any atom is 0.232 e. The molecule has 16 heavy (non-hydrogen) atoms. The number of thioether (sulfide) groups is 1. The fraction of sp³-hybridized carbons (Fsp3) is 0.917. The van der Waals surface area contributed by atoms with Crippen LogP contribution in [0.2, 0.25) is 0 Å². The molecule has 0 aliphatic carbocycles. The molecule has 3 nitrogen and oxygen atoms in total. The number of carbonyl (C=O) groups excluding carboxylic acids is 1. The highest BCUT2D eigenvalue weighted by atomic mass is 32.2. The quantitative estimate of drug-likeness (QED) is 0.809. The average Bonchev–Trinajstić information content (AvgIpc) is 2.07. The number of amides is 1. The van der Waals surface area contributed by atoms with Crippen molar-refractivity contribution in [1.82, 2.24) is 4.90 Å². The van der Waals surface area contributed by atoms with Crippen LogP contribution in [0.1, 0.15) is 41.5 Å². The van der Waals surface area contributed by atoms with Crippen molar-refractivity contribution in [3.8, 4) is 0 Å². The van der Waals surface area contributed by atoms with Gasteiger partial charge in [0.05, 0.1) is 11.4 Å². The second kappa shape index (κ2) is 5.92. The minimum absolute atomic E-state index is 0.101. The van der Waals surface area contributed by atoms with Crippen LogP contribution >= 0.6 is 11.8 Å². The number of hydrogen-bond acceptors (Lipinski definition) is 3. The summed E-state index contributed by atoms with van der Waals surface area (Å²) in [6.07, 6.45) is 0. The molecule has 4 heteroatoms. The van der Waals surface area contributed by atoms with Gasteiger partial charge < -0.3 is 10.0 Å². The summed E-state index contributed by atoms with van der Waals surface area (Å²) in [7, 11) is 0. The molecule has 0 aliphatic heterocycles. The summed E-state index contributed by atoms with van der Waals surface area (Å²) < 4.78 is 0.101. The standard InChI is InChI=1S/C12H25NO2S/c1-7-13(9-12(5,6)15)10(14)8-16-11(2,3)4/h15H,7-9H2,1-6H3. The zero-order chi connectivity index (χ0) is 13.0. The van der Waals surface area contributed by atoms with Gasteiger partial charge in [0, 0.05) is 17.8 Å². The summed E-state index contributed by atoms with van der Waals surface area (Å²) in [5.41, 5.74) is -0.821. The second-order valence-electron chi connectivity index (χ2n) is 5.62. The first-order valence-electron chi connectivity index (χ1n) is 5.69. The Balaban J connectivity index is 4.22. The van der Waals surface area contributed by atoms with E-state index in [1.807, 2.05) is 6.92 Å². The highest BCUT2D eigenvalue weighted by molar-refractivity contribution is 8.01. The van der Waals surface area contributed by atoms with Crippen molar-refractivity contribution < 1.29 is 9.90 Å². The van der Waals surface area contributed by atoms with Crippen molar-refractivity contribution in [3.63, 3.8) is 0 Å². The molecule has 0 atom stereocenters.